The lowest BCUT2D eigenvalue weighted by molar-refractivity contribution is 0.158. The van der Waals surface area contributed by atoms with Crippen LogP contribution in [0.15, 0.2) is 24.5 Å². The summed E-state index contributed by atoms with van der Waals surface area (Å²) in [6, 6.07) is 5.34. The van der Waals surface area contributed by atoms with Crippen LogP contribution in [0.5, 0.6) is 0 Å². The van der Waals surface area contributed by atoms with Crippen LogP contribution in [-0.4, -0.2) is 35.1 Å². The zero-order chi connectivity index (χ0) is 14.3. The standard InChI is InChI=1S/C16H29N3/c1-6-19(12-16-7-9-17-10-8-16)15(5)14(4)11-18-13(2)3/h7-10,13-15,18H,6,11-12H2,1-5H3. The summed E-state index contributed by atoms with van der Waals surface area (Å²) in [5, 5.41) is 3.53. The molecule has 1 heterocycles. The first-order valence-electron chi connectivity index (χ1n) is 7.40. The Labute approximate surface area is 118 Å². The topological polar surface area (TPSA) is 28.2 Å². The van der Waals surface area contributed by atoms with E-state index < -0.39 is 0 Å². The molecular weight excluding hydrogens is 234 g/mol. The quantitative estimate of drug-likeness (QED) is 0.781. The largest absolute Gasteiger partial charge is 0.314 e. The lowest BCUT2D eigenvalue weighted by atomic mass is 10.0. The van der Waals surface area contributed by atoms with E-state index in [1.165, 1.54) is 5.56 Å². The summed E-state index contributed by atoms with van der Waals surface area (Å²) >= 11 is 0. The smallest absolute Gasteiger partial charge is 0.0271 e. The highest BCUT2D eigenvalue weighted by atomic mass is 15.2. The van der Waals surface area contributed by atoms with E-state index >= 15 is 0 Å². The molecule has 1 N–H and O–H groups in total. The fraction of sp³-hybridized carbons (Fsp3) is 0.688. The summed E-state index contributed by atoms with van der Waals surface area (Å²) in [6.45, 7) is 14.5. The summed E-state index contributed by atoms with van der Waals surface area (Å²) in [6.07, 6.45) is 3.75. The van der Waals surface area contributed by atoms with Crippen LogP contribution in [-0.2, 0) is 6.54 Å². The van der Waals surface area contributed by atoms with Crippen molar-refractivity contribution in [3.63, 3.8) is 0 Å². The molecule has 1 rings (SSSR count). The first-order valence-corrected chi connectivity index (χ1v) is 7.40. The van der Waals surface area contributed by atoms with E-state index in [4.69, 9.17) is 0 Å². The van der Waals surface area contributed by atoms with Gasteiger partial charge in [0.05, 0.1) is 0 Å². The van der Waals surface area contributed by atoms with E-state index in [0.29, 0.717) is 18.0 Å². The molecule has 19 heavy (non-hydrogen) atoms. The predicted molar refractivity (Wildman–Crippen MR) is 82.1 cm³/mol. The summed E-state index contributed by atoms with van der Waals surface area (Å²) in [5.41, 5.74) is 1.34. The van der Waals surface area contributed by atoms with Crippen LogP contribution in [0, 0.1) is 5.92 Å². The molecule has 3 nitrogen and oxygen atoms in total. The van der Waals surface area contributed by atoms with Gasteiger partial charge in [-0.2, -0.15) is 0 Å². The average molecular weight is 263 g/mol. The lowest BCUT2D eigenvalue weighted by Crippen LogP contribution is -2.41. The Morgan fingerprint density at radius 3 is 2.32 bits per heavy atom. The second-order valence-electron chi connectivity index (χ2n) is 5.70. The number of hydrogen-bond donors (Lipinski definition) is 1. The van der Waals surface area contributed by atoms with E-state index in [0.717, 1.165) is 19.6 Å². The fourth-order valence-electron chi connectivity index (χ4n) is 2.22. The molecule has 0 fully saturated rings. The van der Waals surface area contributed by atoms with Gasteiger partial charge in [-0.1, -0.05) is 27.7 Å². The van der Waals surface area contributed by atoms with Gasteiger partial charge in [-0.15, -0.1) is 0 Å². The number of rotatable bonds is 8. The molecule has 0 amide bonds. The number of hydrogen-bond acceptors (Lipinski definition) is 3. The van der Waals surface area contributed by atoms with Crippen LogP contribution < -0.4 is 5.32 Å². The van der Waals surface area contributed by atoms with Crippen molar-refractivity contribution in [2.45, 2.75) is 53.2 Å². The first kappa shape index (κ1) is 16.1. The molecular formula is C16H29N3. The van der Waals surface area contributed by atoms with Crippen molar-refractivity contribution in [2.75, 3.05) is 13.1 Å². The molecule has 0 saturated carbocycles. The fourth-order valence-corrected chi connectivity index (χ4v) is 2.22. The van der Waals surface area contributed by atoms with Crippen LogP contribution in [0.2, 0.25) is 0 Å². The van der Waals surface area contributed by atoms with Gasteiger partial charge in [-0.05, 0) is 43.6 Å². The van der Waals surface area contributed by atoms with Gasteiger partial charge in [-0.25, -0.2) is 0 Å². The Bertz CT molecular complexity index is 337. The molecule has 0 aliphatic carbocycles. The van der Waals surface area contributed by atoms with Crippen LogP contribution in [0.25, 0.3) is 0 Å². The van der Waals surface area contributed by atoms with Crippen LogP contribution in [0.3, 0.4) is 0 Å². The molecule has 2 atom stereocenters. The van der Waals surface area contributed by atoms with Crippen molar-refractivity contribution in [1.29, 1.82) is 0 Å². The van der Waals surface area contributed by atoms with Crippen molar-refractivity contribution in [3.05, 3.63) is 30.1 Å². The summed E-state index contributed by atoms with van der Waals surface area (Å²) in [4.78, 5) is 6.61. The predicted octanol–water partition coefficient (Wildman–Crippen LogP) is 2.93. The molecule has 3 heteroatoms. The molecule has 0 aromatic carbocycles. The van der Waals surface area contributed by atoms with E-state index in [9.17, 15) is 0 Å². The molecule has 0 aliphatic heterocycles. The minimum absolute atomic E-state index is 0.560. The maximum atomic E-state index is 4.08. The second kappa shape index (κ2) is 8.28. The van der Waals surface area contributed by atoms with E-state index in [1.807, 2.05) is 12.4 Å². The van der Waals surface area contributed by atoms with Gasteiger partial charge in [0, 0.05) is 31.0 Å². The van der Waals surface area contributed by atoms with E-state index in [1.54, 1.807) is 0 Å². The summed E-state index contributed by atoms with van der Waals surface area (Å²) in [7, 11) is 0. The summed E-state index contributed by atoms with van der Waals surface area (Å²) < 4.78 is 0. The second-order valence-corrected chi connectivity index (χ2v) is 5.70. The van der Waals surface area contributed by atoms with Crippen molar-refractivity contribution in [3.8, 4) is 0 Å². The van der Waals surface area contributed by atoms with Gasteiger partial charge >= 0.3 is 0 Å². The minimum Gasteiger partial charge on any atom is -0.314 e. The number of nitrogens with zero attached hydrogens (tertiary/aromatic N) is 2. The SMILES string of the molecule is CCN(Cc1ccncc1)C(C)C(C)CNC(C)C. The van der Waals surface area contributed by atoms with Gasteiger partial charge in [0.25, 0.3) is 0 Å². The van der Waals surface area contributed by atoms with Crippen molar-refractivity contribution < 1.29 is 0 Å². The van der Waals surface area contributed by atoms with E-state index in [2.05, 4.69) is 62.0 Å². The maximum Gasteiger partial charge on any atom is 0.0271 e. The Hall–Kier alpha value is -0.930. The Morgan fingerprint density at radius 1 is 1.16 bits per heavy atom. The van der Waals surface area contributed by atoms with Crippen molar-refractivity contribution >= 4 is 0 Å². The molecule has 2 unspecified atom stereocenters. The van der Waals surface area contributed by atoms with Gasteiger partial charge in [0.1, 0.15) is 0 Å². The number of aromatic nitrogens is 1. The van der Waals surface area contributed by atoms with E-state index in [-0.39, 0.29) is 0 Å². The molecule has 1 aromatic rings. The minimum atomic E-state index is 0.560. The van der Waals surface area contributed by atoms with Gasteiger partial charge in [-0.3, -0.25) is 9.88 Å². The Balaban J connectivity index is 2.53. The third-order valence-electron chi connectivity index (χ3n) is 3.79. The number of nitrogens with one attached hydrogen (secondary N) is 1. The third kappa shape index (κ3) is 5.70. The monoisotopic (exact) mass is 263 g/mol. The highest BCUT2D eigenvalue weighted by Crippen LogP contribution is 2.14. The van der Waals surface area contributed by atoms with Gasteiger partial charge in [0.15, 0.2) is 0 Å². The zero-order valence-corrected chi connectivity index (χ0v) is 13.1. The molecule has 108 valence electrons. The third-order valence-corrected chi connectivity index (χ3v) is 3.79. The molecule has 0 radical (unpaired) electrons. The Kier molecular flexibility index (Phi) is 7.03. The Morgan fingerprint density at radius 2 is 1.79 bits per heavy atom. The van der Waals surface area contributed by atoms with Crippen LogP contribution in [0.4, 0.5) is 0 Å². The highest BCUT2D eigenvalue weighted by Gasteiger charge is 2.19. The number of pyridine rings is 1. The average Bonchev–Trinajstić information content (AvgIpc) is 2.42. The molecule has 0 spiro atoms. The highest BCUT2D eigenvalue weighted by molar-refractivity contribution is 5.09. The molecule has 1 aromatic heterocycles. The maximum absolute atomic E-state index is 4.08. The van der Waals surface area contributed by atoms with Gasteiger partial charge < -0.3 is 5.32 Å². The van der Waals surface area contributed by atoms with Crippen molar-refractivity contribution in [1.82, 2.24) is 15.2 Å². The molecule has 0 saturated heterocycles. The molecule has 0 bridgehead atoms. The molecule has 0 aliphatic rings. The lowest BCUT2D eigenvalue weighted by Gasteiger charge is -2.33. The van der Waals surface area contributed by atoms with Crippen molar-refractivity contribution in [2.24, 2.45) is 5.92 Å². The summed E-state index contributed by atoms with van der Waals surface area (Å²) in [5.74, 6) is 0.643. The first-order chi connectivity index (χ1) is 9.04. The van der Waals surface area contributed by atoms with Gasteiger partial charge in [0.2, 0.25) is 0 Å². The normalized spacial score (nSPS) is 14.9. The zero-order valence-electron chi connectivity index (χ0n) is 13.1. The van der Waals surface area contributed by atoms with Crippen LogP contribution in [0.1, 0.15) is 40.2 Å². The van der Waals surface area contributed by atoms with Crippen LogP contribution >= 0.6 is 0 Å².